The second kappa shape index (κ2) is 7.97. The second-order valence-electron chi connectivity index (χ2n) is 7.15. The molecule has 1 fully saturated rings. The predicted octanol–water partition coefficient (Wildman–Crippen LogP) is -0.120. The van der Waals surface area contributed by atoms with Crippen molar-refractivity contribution in [3.63, 3.8) is 0 Å². The molecule has 0 atom stereocenters. The smallest absolute Gasteiger partial charge is 0.259 e. The van der Waals surface area contributed by atoms with Crippen molar-refractivity contribution in [2.24, 2.45) is 5.73 Å². The van der Waals surface area contributed by atoms with Crippen LogP contribution in [0.1, 0.15) is 37.3 Å². The van der Waals surface area contributed by atoms with E-state index in [0.29, 0.717) is 18.0 Å². The molecule has 0 bridgehead atoms. The molecule has 4 rings (SSSR count). The molecule has 1 aromatic carbocycles. The number of halogens is 2. The molecule has 2 aromatic heterocycles. The topological polar surface area (TPSA) is 75.7 Å². The maximum absolute atomic E-state index is 11.8. The van der Waals surface area contributed by atoms with Gasteiger partial charge in [0.15, 0.2) is 18.4 Å². The molecule has 1 aliphatic rings. The summed E-state index contributed by atoms with van der Waals surface area (Å²) in [5, 5.41) is 1.38. The SMILES string of the molecule is NCC1(c2cccc(Cl)c2)CCC([n+]2ccc3c(=O)[nH]cnc3c2)CC1.[Cl-]. The second-order valence-corrected chi connectivity index (χ2v) is 7.59. The molecule has 3 aromatic rings. The van der Waals surface area contributed by atoms with Gasteiger partial charge in [0.1, 0.15) is 5.52 Å². The van der Waals surface area contributed by atoms with Crippen LogP contribution >= 0.6 is 11.6 Å². The lowest BCUT2D eigenvalue weighted by Gasteiger charge is -2.38. The van der Waals surface area contributed by atoms with Gasteiger partial charge in [0.2, 0.25) is 0 Å². The van der Waals surface area contributed by atoms with E-state index in [1.807, 2.05) is 36.7 Å². The third-order valence-electron chi connectivity index (χ3n) is 5.77. The lowest BCUT2D eigenvalue weighted by Crippen LogP contribution is -3.00. The number of aromatic amines is 1. The molecule has 2 heterocycles. The number of nitrogens with two attached hydrogens (primary N) is 1. The van der Waals surface area contributed by atoms with Gasteiger partial charge in [-0.1, -0.05) is 23.7 Å². The minimum absolute atomic E-state index is 0. The van der Waals surface area contributed by atoms with E-state index in [4.69, 9.17) is 17.3 Å². The Balaban J connectivity index is 0.00000210. The average molecular weight is 405 g/mol. The summed E-state index contributed by atoms with van der Waals surface area (Å²) in [6, 6.07) is 10.3. The highest BCUT2D eigenvalue weighted by Crippen LogP contribution is 2.41. The number of fused-ring (bicyclic) bond motifs is 1. The normalized spacial score (nSPS) is 22.4. The van der Waals surface area contributed by atoms with Crippen molar-refractivity contribution < 1.29 is 17.0 Å². The number of nitrogens with one attached hydrogen (secondary N) is 1. The first-order chi connectivity index (χ1) is 12.6. The summed E-state index contributed by atoms with van der Waals surface area (Å²) in [4.78, 5) is 18.7. The van der Waals surface area contributed by atoms with Crippen molar-refractivity contribution in [2.45, 2.75) is 37.1 Å². The van der Waals surface area contributed by atoms with Gasteiger partial charge in [-0.05, 0) is 30.5 Å². The molecule has 0 unspecified atom stereocenters. The standard InChI is InChI=1S/C20H21ClN4O.ClH/c21-15-3-1-2-14(10-15)20(12-22)7-4-16(5-8-20)25-9-6-17-18(11-25)23-13-24-19(17)26;/h1-3,6,9-11,13,16H,4-5,7-8,12,22H2;1H. The van der Waals surface area contributed by atoms with Gasteiger partial charge in [0, 0.05) is 35.9 Å². The third-order valence-corrected chi connectivity index (χ3v) is 6.00. The number of benzene rings is 1. The van der Waals surface area contributed by atoms with E-state index >= 15 is 0 Å². The summed E-state index contributed by atoms with van der Waals surface area (Å²) >= 11 is 6.20. The summed E-state index contributed by atoms with van der Waals surface area (Å²) in [5.41, 5.74) is 8.05. The molecular formula is C20H22Cl2N4O. The molecule has 0 amide bonds. The number of hydrogen-bond acceptors (Lipinski definition) is 3. The Kier molecular flexibility index (Phi) is 5.84. The Morgan fingerprint density at radius 1 is 1.30 bits per heavy atom. The molecule has 1 saturated carbocycles. The van der Waals surface area contributed by atoms with Gasteiger partial charge in [-0.3, -0.25) is 4.79 Å². The first kappa shape index (κ1) is 19.8. The molecule has 0 spiro atoms. The van der Waals surface area contributed by atoms with Crippen molar-refractivity contribution >= 4 is 22.5 Å². The van der Waals surface area contributed by atoms with Gasteiger partial charge in [0.25, 0.3) is 5.56 Å². The van der Waals surface area contributed by atoms with Crippen LogP contribution in [-0.2, 0) is 5.41 Å². The quantitative estimate of drug-likeness (QED) is 0.597. The Hall–Kier alpha value is -1.95. The van der Waals surface area contributed by atoms with Crippen LogP contribution in [0.25, 0.3) is 10.9 Å². The molecule has 0 radical (unpaired) electrons. The number of pyridine rings is 1. The number of aromatic nitrogens is 3. The fraction of sp³-hybridized carbons (Fsp3) is 0.350. The predicted molar refractivity (Wildman–Crippen MR) is 102 cm³/mol. The highest BCUT2D eigenvalue weighted by Gasteiger charge is 2.38. The highest BCUT2D eigenvalue weighted by molar-refractivity contribution is 6.30. The Morgan fingerprint density at radius 2 is 2.07 bits per heavy atom. The van der Waals surface area contributed by atoms with E-state index in [-0.39, 0.29) is 23.4 Å². The first-order valence-electron chi connectivity index (χ1n) is 8.96. The number of hydrogen-bond donors (Lipinski definition) is 2. The van der Waals surface area contributed by atoms with Gasteiger partial charge < -0.3 is 23.1 Å². The summed E-state index contributed by atoms with van der Waals surface area (Å²) in [6.45, 7) is 0.624. The summed E-state index contributed by atoms with van der Waals surface area (Å²) in [7, 11) is 0. The summed E-state index contributed by atoms with van der Waals surface area (Å²) < 4.78 is 2.19. The zero-order valence-electron chi connectivity index (χ0n) is 14.9. The van der Waals surface area contributed by atoms with Crippen molar-refractivity contribution in [3.05, 3.63) is 70.0 Å². The molecule has 3 N–H and O–H groups in total. The lowest BCUT2D eigenvalue weighted by molar-refractivity contribution is -0.725. The van der Waals surface area contributed by atoms with Crippen LogP contribution in [0.5, 0.6) is 0 Å². The Bertz CT molecular complexity index is 996. The molecule has 1 aliphatic carbocycles. The van der Waals surface area contributed by atoms with E-state index in [9.17, 15) is 4.79 Å². The van der Waals surface area contributed by atoms with Crippen LogP contribution in [0.2, 0.25) is 5.02 Å². The van der Waals surface area contributed by atoms with Crippen molar-refractivity contribution in [1.29, 1.82) is 0 Å². The van der Waals surface area contributed by atoms with Crippen LogP contribution in [-0.4, -0.2) is 16.5 Å². The molecular weight excluding hydrogens is 383 g/mol. The number of H-pyrrole nitrogens is 1. The average Bonchev–Trinajstić information content (AvgIpc) is 2.68. The summed E-state index contributed by atoms with van der Waals surface area (Å²) in [6.07, 6.45) is 9.51. The van der Waals surface area contributed by atoms with Crippen molar-refractivity contribution in [3.8, 4) is 0 Å². The van der Waals surface area contributed by atoms with E-state index in [1.54, 1.807) is 0 Å². The Morgan fingerprint density at radius 3 is 2.78 bits per heavy atom. The van der Waals surface area contributed by atoms with Gasteiger partial charge in [-0.25, -0.2) is 9.55 Å². The Labute approximate surface area is 169 Å². The van der Waals surface area contributed by atoms with Gasteiger partial charge in [-0.2, -0.15) is 0 Å². The molecule has 27 heavy (non-hydrogen) atoms. The zero-order valence-corrected chi connectivity index (χ0v) is 16.4. The van der Waals surface area contributed by atoms with Crippen molar-refractivity contribution in [2.75, 3.05) is 6.54 Å². The highest BCUT2D eigenvalue weighted by atomic mass is 35.5. The van der Waals surface area contributed by atoms with Crippen LogP contribution in [0.4, 0.5) is 0 Å². The number of nitrogens with zero attached hydrogens (tertiary/aromatic N) is 2. The molecule has 0 aliphatic heterocycles. The zero-order chi connectivity index (χ0) is 18.1. The van der Waals surface area contributed by atoms with Gasteiger partial charge in [0.05, 0.1) is 11.7 Å². The summed E-state index contributed by atoms with van der Waals surface area (Å²) in [5.74, 6) is 0. The third kappa shape index (κ3) is 3.72. The van der Waals surface area contributed by atoms with Crippen LogP contribution < -0.4 is 28.3 Å². The number of rotatable bonds is 3. The maximum Gasteiger partial charge on any atom is 0.259 e. The van der Waals surface area contributed by atoms with E-state index in [0.717, 1.165) is 36.2 Å². The molecule has 7 heteroatoms. The van der Waals surface area contributed by atoms with E-state index < -0.39 is 0 Å². The van der Waals surface area contributed by atoms with Crippen molar-refractivity contribution in [1.82, 2.24) is 9.97 Å². The first-order valence-corrected chi connectivity index (χ1v) is 9.33. The van der Waals surface area contributed by atoms with Gasteiger partial charge >= 0.3 is 0 Å². The fourth-order valence-corrected chi connectivity index (χ4v) is 4.33. The van der Waals surface area contributed by atoms with Crippen LogP contribution in [0.3, 0.4) is 0 Å². The maximum atomic E-state index is 11.8. The van der Waals surface area contributed by atoms with Crippen LogP contribution in [0, 0.1) is 0 Å². The van der Waals surface area contributed by atoms with E-state index in [2.05, 4.69) is 20.6 Å². The minimum atomic E-state index is -0.103. The molecule has 0 saturated heterocycles. The monoisotopic (exact) mass is 404 g/mol. The van der Waals surface area contributed by atoms with Crippen LogP contribution in [0.15, 0.2) is 53.8 Å². The molecule has 142 valence electrons. The van der Waals surface area contributed by atoms with E-state index in [1.165, 1.54) is 11.9 Å². The lowest BCUT2D eigenvalue weighted by atomic mass is 9.68. The van der Waals surface area contributed by atoms with Gasteiger partial charge in [-0.15, -0.1) is 0 Å². The largest absolute Gasteiger partial charge is 1.00 e. The minimum Gasteiger partial charge on any atom is -1.00 e. The fourth-order valence-electron chi connectivity index (χ4n) is 4.14. The molecule has 5 nitrogen and oxygen atoms in total.